The molecule has 5 nitrogen and oxygen atoms in total. The molecule has 0 heterocycles. The molecule has 3 rings (SSSR count). The van der Waals surface area contributed by atoms with Gasteiger partial charge in [0.1, 0.15) is 0 Å². The molecule has 1 saturated carbocycles. The highest BCUT2D eigenvalue weighted by Gasteiger charge is 2.38. The van der Waals surface area contributed by atoms with Crippen LogP contribution in [0.1, 0.15) is 35.2 Å². The van der Waals surface area contributed by atoms with Crippen LogP contribution in [-0.2, 0) is 5.41 Å². The standard InChI is InChI=1S/C19H21N3O2/c20-18(24)22-16-9-4-6-14(12-16)17(23)21-13-19(10-5-11-19)15-7-2-1-3-8-15/h1-4,6-9,12H,5,10-11,13H2,(H,21,23)(H3,20,22,24). The average Bonchev–Trinajstić information content (AvgIpc) is 2.54. The van der Waals surface area contributed by atoms with Crippen molar-refractivity contribution >= 4 is 17.6 Å². The number of hydrogen-bond donors (Lipinski definition) is 3. The lowest BCUT2D eigenvalue weighted by Crippen LogP contribution is -2.45. The number of nitrogens with two attached hydrogens (primary N) is 1. The lowest BCUT2D eigenvalue weighted by molar-refractivity contribution is 0.0928. The van der Waals surface area contributed by atoms with Crippen LogP contribution in [0.2, 0.25) is 0 Å². The van der Waals surface area contributed by atoms with Crippen molar-refractivity contribution in [3.8, 4) is 0 Å². The van der Waals surface area contributed by atoms with E-state index in [4.69, 9.17) is 5.73 Å². The molecule has 5 heteroatoms. The molecule has 0 radical (unpaired) electrons. The van der Waals surface area contributed by atoms with Gasteiger partial charge in [-0.25, -0.2) is 4.79 Å². The molecule has 3 amide bonds. The first kappa shape index (κ1) is 16.1. The second-order valence-corrected chi connectivity index (χ2v) is 6.25. The summed E-state index contributed by atoms with van der Waals surface area (Å²) in [5.74, 6) is -0.148. The zero-order valence-electron chi connectivity index (χ0n) is 13.4. The van der Waals surface area contributed by atoms with Gasteiger partial charge in [0, 0.05) is 23.2 Å². The first-order valence-electron chi connectivity index (χ1n) is 8.09. The van der Waals surface area contributed by atoms with E-state index in [1.807, 2.05) is 18.2 Å². The Morgan fingerprint density at radius 1 is 1.04 bits per heavy atom. The topological polar surface area (TPSA) is 84.2 Å². The minimum absolute atomic E-state index is 0.0417. The fraction of sp³-hybridized carbons (Fsp3) is 0.263. The average molecular weight is 323 g/mol. The van der Waals surface area contributed by atoms with Crippen molar-refractivity contribution < 1.29 is 9.59 Å². The molecule has 0 spiro atoms. The first-order chi connectivity index (χ1) is 11.6. The molecule has 1 fully saturated rings. The summed E-state index contributed by atoms with van der Waals surface area (Å²) in [6.45, 7) is 0.614. The highest BCUT2D eigenvalue weighted by Crippen LogP contribution is 2.43. The Morgan fingerprint density at radius 2 is 1.79 bits per heavy atom. The summed E-state index contributed by atoms with van der Waals surface area (Å²) >= 11 is 0. The smallest absolute Gasteiger partial charge is 0.316 e. The maximum Gasteiger partial charge on any atom is 0.316 e. The number of rotatable bonds is 5. The number of amides is 3. The number of urea groups is 1. The molecule has 24 heavy (non-hydrogen) atoms. The van der Waals surface area contributed by atoms with Crippen LogP contribution < -0.4 is 16.4 Å². The summed E-state index contributed by atoms with van der Waals surface area (Å²) in [4.78, 5) is 23.4. The fourth-order valence-corrected chi connectivity index (χ4v) is 3.19. The lowest BCUT2D eigenvalue weighted by Gasteiger charge is -2.42. The van der Waals surface area contributed by atoms with Gasteiger partial charge in [0.15, 0.2) is 0 Å². The zero-order valence-corrected chi connectivity index (χ0v) is 13.4. The number of nitrogens with one attached hydrogen (secondary N) is 2. The molecule has 1 aliphatic carbocycles. The molecule has 0 bridgehead atoms. The number of carbonyl (C=O) groups excluding carboxylic acids is 2. The van der Waals surface area contributed by atoms with E-state index in [-0.39, 0.29) is 11.3 Å². The molecule has 0 atom stereocenters. The van der Waals surface area contributed by atoms with Crippen LogP contribution in [0.3, 0.4) is 0 Å². The molecule has 0 unspecified atom stereocenters. The van der Waals surface area contributed by atoms with Crippen molar-refractivity contribution in [2.24, 2.45) is 5.73 Å². The Kier molecular flexibility index (Phi) is 4.51. The minimum atomic E-state index is -0.648. The van der Waals surface area contributed by atoms with Gasteiger partial charge in [-0.05, 0) is 36.6 Å². The van der Waals surface area contributed by atoms with Crippen molar-refractivity contribution in [3.63, 3.8) is 0 Å². The Labute approximate surface area is 141 Å². The van der Waals surface area contributed by atoms with Crippen molar-refractivity contribution in [1.29, 1.82) is 0 Å². The van der Waals surface area contributed by atoms with Gasteiger partial charge in [-0.3, -0.25) is 4.79 Å². The van der Waals surface area contributed by atoms with E-state index in [0.29, 0.717) is 17.8 Å². The summed E-state index contributed by atoms with van der Waals surface area (Å²) < 4.78 is 0. The second kappa shape index (κ2) is 6.74. The normalized spacial score (nSPS) is 15.2. The number of anilines is 1. The lowest BCUT2D eigenvalue weighted by atomic mass is 9.64. The van der Waals surface area contributed by atoms with E-state index in [1.165, 1.54) is 12.0 Å². The van der Waals surface area contributed by atoms with Crippen LogP contribution in [0, 0.1) is 0 Å². The first-order valence-corrected chi connectivity index (χ1v) is 8.09. The number of primary amides is 1. The van der Waals surface area contributed by atoms with Crippen LogP contribution in [0.25, 0.3) is 0 Å². The Morgan fingerprint density at radius 3 is 2.42 bits per heavy atom. The van der Waals surface area contributed by atoms with Crippen molar-refractivity contribution in [1.82, 2.24) is 5.32 Å². The van der Waals surface area contributed by atoms with Gasteiger partial charge in [0.05, 0.1) is 0 Å². The molecule has 2 aromatic rings. The molecular weight excluding hydrogens is 302 g/mol. The predicted octanol–water partition coefficient (Wildman–Crippen LogP) is 3.03. The van der Waals surface area contributed by atoms with E-state index in [1.54, 1.807) is 24.3 Å². The summed E-state index contributed by atoms with van der Waals surface area (Å²) in [5, 5.41) is 5.52. The number of hydrogen-bond acceptors (Lipinski definition) is 2. The summed E-state index contributed by atoms with van der Waals surface area (Å²) in [5.41, 5.74) is 7.44. The molecular formula is C19H21N3O2. The van der Waals surface area contributed by atoms with E-state index in [2.05, 4.69) is 22.8 Å². The van der Waals surface area contributed by atoms with Crippen LogP contribution in [0.5, 0.6) is 0 Å². The molecule has 124 valence electrons. The number of carbonyl (C=O) groups is 2. The van der Waals surface area contributed by atoms with Crippen LogP contribution in [0.15, 0.2) is 54.6 Å². The molecule has 2 aromatic carbocycles. The van der Waals surface area contributed by atoms with Crippen molar-refractivity contribution in [3.05, 3.63) is 65.7 Å². The molecule has 0 saturated heterocycles. The highest BCUT2D eigenvalue weighted by molar-refractivity contribution is 5.96. The molecule has 4 N–H and O–H groups in total. The van der Waals surface area contributed by atoms with Crippen molar-refractivity contribution in [2.75, 3.05) is 11.9 Å². The quantitative estimate of drug-likeness (QED) is 0.790. The van der Waals surface area contributed by atoms with Gasteiger partial charge in [-0.15, -0.1) is 0 Å². The third kappa shape index (κ3) is 3.40. The summed E-state index contributed by atoms with van der Waals surface area (Å²) in [6, 6.07) is 16.4. The van der Waals surface area contributed by atoms with Crippen LogP contribution >= 0.6 is 0 Å². The predicted molar refractivity (Wildman–Crippen MR) is 94.0 cm³/mol. The van der Waals surface area contributed by atoms with Gasteiger partial charge in [-0.2, -0.15) is 0 Å². The summed E-state index contributed by atoms with van der Waals surface area (Å²) in [7, 11) is 0. The number of benzene rings is 2. The fourth-order valence-electron chi connectivity index (χ4n) is 3.19. The van der Waals surface area contributed by atoms with E-state index in [9.17, 15) is 9.59 Å². The van der Waals surface area contributed by atoms with Gasteiger partial charge >= 0.3 is 6.03 Å². The van der Waals surface area contributed by atoms with Crippen molar-refractivity contribution in [2.45, 2.75) is 24.7 Å². The zero-order chi connectivity index (χ0) is 17.0. The van der Waals surface area contributed by atoms with Gasteiger partial charge in [0.2, 0.25) is 0 Å². The maximum atomic E-state index is 12.4. The second-order valence-electron chi connectivity index (χ2n) is 6.25. The van der Waals surface area contributed by atoms with Gasteiger partial charge in [0.25, 0.3) is 5.91 Å². The van der Waals surface area contributed by atoms with Gasteiger partial charge < -0.3 is 16.4 Å². The van der Waals surface area contributed by atoms with E-state index >= 15 is 0 Å². The SMILES string of the molecule is NC(=O)Nc1cccc(C(=O)NCC2(c3ccccc3)CCC2)c1. The third-order valence-electron chi connectivity index (χ3n) is 4.68. The van der Waals surface area contributed by atoms with Crippen LogP contribution in [0.4, 0.5) is 10.5 Å². The Bertz CT molecular complexity index is 739. The highest BCUT2D eigenvalue weighted by atomic mass is 16.2. The molecule has 1 aliphatic rings. The van der Waals surface area contributed by atoms with E-state index in [0.717, 1.165) is 12.8 Å². The monoisotopic (exact) mass is 323 g/mol. The molecule has 0 aliphatic heterocycles. The molecule has 0 aromatic heterocycles. The maximum absolute atomic E-state index is 12.4. The Balaban J connectivity index is 1.68. The van der Waals surface area contributed by atoms with E-state index < -0.39 is 6.03 Å². The third-order valence-corrected chi connectivity index (χ3v) is 4.68. The largest absolute Gasteiger partial charge is 0.351 e. The summed E-state index contributed by atoms with van der Waals surface area (Å²) in [6.07, 6.45) is 3.35. The Hall–Kier alpha value is -2.82. The minimum Gasteiger partial charge on any atom is -0.351 e. The van der Waals surface area contributed by atoms with Gasteiger partial charge in [-0.1, -0.05) is 42.8 Å². The van der Waals surface area contributed by atoms with Crippen LogP contribution in [-0.4, -0.2) is 18.5 Å².